The predicted molar refractivity (Wildman–Crippen MR) is 128 cm³/mol. The van der Waals surface area contributed by atoms with Crippen molar-refractivity contribution in [3.8, 4) is 5.69 Å². The molecule has 0 unspecified atom stereocenters. The van der Waals surface area contributed by atoms with Gasteiger partial charge in [-0.05, 0) is 73.7 Å². The maximum Gasteiger partial charge on any atom is 0.435 e. The molecule has 4 rings (SSSR count). The topological polar surface area (TPSA) is 124 Å². The Morgan fingerprint density at radius 1 is 1.05 bits per heavy atom. The van der Waals surface area contributed by atoms with Crippen molar-refractivity contribution in [2.24, 2.45) is 10.2 Å². The van der Waals surface area contributed by atoms with E-state index in [1.807, 2.05) is 0 Å². The lowest BCUT2D eigenvalue weighted by atomic mass is 10.1. The Bertz CT molecular complexity index is 1520. The van der Waals surface area contributed by atoms with E-state index in [9.17, 15) is 31.2 Å². The van der Waals surface area contributed by atoms with E-state index in [2.05, 4.69) is 5.10 Å². The lowest BCUT2D eigenvalue weighted by Crippen LogP contribution is -2.25. The average Bonchev–Trinajstić information content (AvgIpc) is 3.44. The van der Waals surface area contributed by atoms with Crippen LogP contribution in [0.3, 0.4) is 0 Å². The van der Waals surface area contributed by atoms with Gasteiger partial charge in [0, 0.05) is 17.6 Å². The van der Waals surface area contributed by atoms with E-state index in [0.717, 1.165) is 6.08 Å². The minimum absolute atomic E-state index is 0.0252. The number of anilines is 1. The number of primary sulfonamides is 1. The summed E-state index contributed by atoms with van der Waals surface area (Å²) in [5.74, 6) is -1.63. The van der Waals surface area contributed by atoms with Crippen molar-refractivity contribution in [1.29, 1.82) is 0 Å². The molecule has 1 aliphatic rings. The van der Waals surface area contributed by atoms with Crippen molar-refractivity contribution in [1.82, 2.24) is 4.57 Å². The third-order valence-electron chi connectivity index (χ3n) is 5.29. The van der Waals surface area contributed by atoms with Crippen LogP contribution in [0.25, 0.3) is 11.8 Å². The van der Waals surface area contributed by atoms with Gasteiger partial charge in [-0.25, -0.2) is 18.4 Å². The molecule has 0 spiro atoms. The standard InChI is InChI=1S/C24H19F3N4O5S/c1-2-36-23(33)15-5-7-17(8-6-15)31-22(32)20(21(29-31)24(25,26)27)14-18-4-3-13-30(18)16-9-11-19(12-10-16)37(28,34)35/h3-14H,2H2,1H3,(H2,28,34,35). The first kappa shape index (κ1) is 25.9. The molecule has 2 aromatic carbocycles. The van der Waals surface area contributed by atoms with Crippen LogP contribution >= 0.6 is 0 Å². The molecule has 0 fully saturated rings. The van der Waals surface area contributed by atoms with Gasteiger partial charge in [-0.15, -0.1) is 0 Å². The van der Waals surface area contributed by atoms with Crippen molar-refractivity contribution >= 4 is 39.4 Å². The first-order chi connectivity index (χ1) is 17.4. The molecule has 13 heteroatoms. The Hall–Kier alpha value is -4.23. The van der Waals surface area contributed by atoms with Crippen molar-refractivity contribution in [3.05, 3.63) is 83.7 Å². The van der Waals surface area contributed by atoms with Crippen LogP contribution in [0.4, 0.5) is 18.9 Å². The molecule has 0 atom stereocenters. The maximum absolute atomic E-state index is 13.8. The number of ether oxygens (including phenoxy) is 1. The molecule has 1 amide bonds. The molecule has 37 heavy (non-hydrogen) atoms. The van der Waals surface area contributed by atoms with E-state index in [1.165, 1.54) is 65.4 Å². The van der Waals surface area contributed by atoms with Gasteiger partial charge in [0.15, 0.2) is 5.71 Å². The first-order valence-corrected chi connectivity index (χ1v) is 12.2. The fourth-order valence-corrected chi connectivity index (χ4v) is 4.09. The second-order valence-electron chi connectivity index (χ2n) is 7.73. The number of hydrazone groups is 1. The summed E-state index contributed by atoms with van der Waals surface area (Å²) < 4.78 is 70.9. The van der Waals surface area contributed by atoms with E-state index in [4.69, 9.17) is 9.88 Å². The normalized spacial score (nSPS) is 15.3. The molecule has 1 aromatic heterocycles. The van der Waals surface area contributed by atoms with Gasteiger partial charge in [0.05, 0.1) is 28.3 Å². The zero-order valence-electron chi connectivity index (χ0n) is 19.1. The third-order valence-corrected chi connectivity index (χ3v) is 6.21. The molecule has 0 radical (unpaired) electrons. The van der Waals surface area contributed by atoms with Gasteiger partial charge in [0.25, 0.3) is 5.91 Å². The summed E-state index contributed by atoms with van der Waals surface area (Å²) in [4.78, 5) is 24.8. The number of alkyl halides is 3. The molecule has 0 bridgehead atoms. The Labute approximate surface area is 209 Å². The Balaban J connectivity index is 1.70. The SMILES string of the molecule is CCOC(=O)c1ccc(N2N=C(C(F)(F)F)C(=Cc3cccn3-c3ccc(S(N)(=O)=O)cc3)C2=O)cc1. The number of esters is 1. The molecule has 2 heterocycles. The zero-order valence-corrected chi connectivity index (χ0v) is 20.0. The van der Waals surface area contributed by atoms with E-state index < -0.39 is 39.4 Å². The van der Waals surface area contributed by atoms with E-state index in [1.54, 1.807) is 13.0 Å². The summed E-state index contributed by atoms with van der Waals surface area (Å²) in [6, 6.07) is 13.6. The van der Waals surface area contributed by atoms with Crippen LogP contribution in [0.1, 0.15) is 23.0 Å². The van der Waals surface area contributed by atoms with E-state index in [0.29, 0.717) is 10.7 Å². The Kier molecular flexibility index (Phi) is 6.76. The highest BCUT2D eigenvalue weighted by atomic mass is 32.2. The molecule has 0 saturated heterocycles. The van der Waals surface area contributed by atoms with E-state index in [-0.39, 0.29) is 28.4 Å². The summed E-state index contributed by atoms with van der Waals surface area (Å²) in [5.41, 5.74) is -1.25. The second kappa shape index (κ2) is 9.67. The average molecular weight is 533 g/mol. The lowest BCUT2D eigenvalue weighted by molar-refractivity contribution is -0.114. The highest BCUT2D eigenvalue weighted by Gasteiger charge is 2.47. The number of hydrogen-bond donors (Lipinski definition) is 1. The number of halogens is 3. The monoisotopic (exact) mass is 532 g/mol. The van der Waals surface area contributed by atoms with Gasteiger partial charge in [-0.1, -0.05) is 0 Å². The van der Waals surface area contributed by atoms with Crippen LogP contribution in [-0.4, -0.2) is 43.4 Å². The molecule has 9 nitrogen and oxygen atoms in total. The summed E-state index contributed by atoms with van der Waals surface area (Å²) in [6.45, 7) is 1.78. The number of nitrogens with two attached hydrogens (primary N) is 1. The van der Waals surface area contributed by atoms with Crippen LogP contribution in [-0.2, 0) is 19.6 Å². The van der Waals surface area contributed by atoms with Crippen molar-refractivity contribution in [2.45, 2.75) is 18.0 Å². The van der Waals surface area contributed by atoms with Gasteiger partial charge in [0.2, 0.25) is 10.0 Å². The van der Waals surface area contributed by atoms with Gasteiger partial charge in [-0.2, -0.15) is 23.3 Å². The van der Waals surface area contributed by atoms with Crippen molar-refractivity contribution in [3.63, 3.8) is 0 Å². The molecule has 0 saturated carbocycles. The number of aromatic nitrogens is 1. The number of benzene rings is 2. The number of carbonyl (C=O) groups is 2. The van der Waals surface area contributed by atoms with Crippen LogP contribution in [0.15, 0.2) is 82.4 Å². The third kappa shape index (κ3) is 5.32. The number of nitrogens with zero attached hydrogens (tertiary/aromatic N) is 3. The Morgan fingerprint density at radius 3 is 2.24 bits per heavy atom. The summed E-state index contributed by atoms with van der Waals surface area (Å²) in [5, 5.41) is 9.24. The largest absolute Gasteiger partial charge is 0.462 e. The highest BCUT2D eigenvalue weighted by molar-refractivity contribution is 7.89. The maximum atomic E-state index is 13.8. The van der Waals surface area contributed by atoms with Crippen LogP contribution in [0.5, 0.6) is 0 Å². The molecule has 1 aliphatic heterocycles. The quantitative estimate of drug-likeness (QED) is 0.383. The van der Waals surface area contributed by atoms with Crippen molar-refractivity contribution < 1.29 is 35.9 Å². The molecule has 192 valence electrons. The van der Waals surface area contributed by atoms with Crippen LogP contribution < -0.4 is 10.1 Å². The summed E-state index contributed by atoms with van der Waals surface area (Å²) in [6.07, 6.45) is -2.35. The van der Waals surface area contributed by atoms with Gasteiger partial charge in [0.1, 0.15) is 0 Å². The minimum atomic E-state index is -4.93. The van der Waals surface area contributed by atoms with Crippen LogP contribution in [0, 0.1) is 0 Å². The number of carbonyl (C=O) groups excluding carboxylic acids is 2. The second-order valence-corrected chi connectivity index (χ2v) is 9.29. The molecular weight excluding hydrogens is 513 g/mol. The summed E-state index contributed by atoms with van der Waals surface area (Å²) in [7, 11) is -3.93. The van der Waals surface area contributed by atoms with Gasteiger partial charge < -0.3 is 9.30 Å². The number of amides is 1. The van der Waals surface area contributed by atoms with Gasteiger partial charge in [-0.3, -0.25) is 4.79 Å². The Morgan fingerprint density at radius 2 is 1.68 bits per heavy atom. The zero-order chi connectivity index (χ0) is 27.0. The van der Waals surface area contributed by atoms with Crippen molar-refractivity contribution in [2.75, 3.05) is 11.6 Å². The number of hydrogen-bond acceptors (Lipinski definition) is 6. The molecule has 3 aromatic rings. The van der Waals surface area contributed by atoms with E-state index >= 15 is 0 Å². The smallest absolute Gasteiger partial charge is 0.435 e. The number of rotatable bonds is 6. The summed E-state index contributed by atoms with van der Waals surface area (Å²) >= 11 is 0. The van der Waals surface area contributed by atoms with Gasteiger partial charge >= 0.3 is 12.1 Å². The predicted octanol–water partition coefficient (Wildman–Crippen LogP) is 3.65. The first-order valence-electron chi connectivity index (χ1n) is 10.7. The fourth-order valence-electron chi connectivity index (χ4n) is 3.57. The number of sulfonamides is 1. The molecule has 2 N–H and O–H groups in total. The molecular formula is C24H19F3N4O5S. The minimum Gasteiger partial charge on any atom is -0.462 e. The molecule has 0 aliphatic carbocycles. The fraction of sp³-hybridized carbons (Fsp3) is 0.125. The lowest BCUT2D eigenvalue weighted by Gasteiger charge is -2.12. The highest BCUT2D eigenvalue weighted by Crippen LogP contribution is 2.33. The van der Waals surface area contributed by atoms with Crippen LogP contribution in [0.2, 0.25) is 0 Å².